The third-order valence-electron chi connectivity index (χ3n) is 1.85. The first kappa shape index (κ1) is 10.6. The molecule has 2 nitrogen and oxygen atoms in total. The van der Waals surface area contributed by atoms with E-state index in [-0.39, 0.29) is 12.0 Å². The topological polar surface area (TPSA) is 26.3 Å². The van der Waals surface area contributed by atoms with Crippen molar-refractivity contribution in [3.63, 3.8) is 0 Å². The standard InChI is InChI=1S/C10H10F2O2/c1-14-9(13)6-7-4-2-3-5-8(7)10(11)12/h2-5,10H,6H2,1H3. The number of ether oxygens (including phenoxy) is 1. The number of carbonyl (C=O) groups excluding carboxylic acids is 1. The maximum Gasteiger partial charge on any atom is 0.309 e. The van der Waals surface area contributed by atoms with Gasteiger partial charge in [0.25, 0.3) is 6.43 Å². The molecule has 0 heterocycles. The molecule has 4 heteroatoms. The van der Waals surface area contributed by atoms with Crippen LogP contribution in [0.1, 0.15) is 17.6 Å². The Morgan fingerprint density at radius 2 is 2.07 bits per heavy atom. The Labute approximate surface area is 80.5 Å². The highest BCUT2D eigenvalue weighted by atomic mass is 19.3. The van der Waals surface area contributed by atoms with E-state index in [1.54, 1.807) is 6.07 Å². The van der Waals surface area contributed by atoms with Crippen molar-refractivity contribution in [2.24, 2.45) is 0 Å². The van der Waals surface area contributed by atoms with Crippen LogP contribution in [-0.2, 0) is 16.0 Å². The Bertz CT molecular complexity index is 324. The predicted molar refractivity (Wildman–Crippen MR) is 47.1 cm³/mol. The number of hydrogen-bond acceptors (Lipinski definition) is 2. The summed E-state index contributed by atoms with van der Waals surface area (Å²) in [6.45, 7) is 0. The van der Waals surface area contributed by atoms with E-state index in [0.717, 1.165) is 0 Å². The zero-order valence-corrected chi connectivity index (χ0v) is 7.67. The summed E-state index contributed by atoms with van der Waals surface area (Å²) < 4.78 is 29.3. The summed E-state index contributed by atoms with van der Waals surface area (Å²) in [5.74, 6) is -0.516. The van der Waals surface area contributed by atoms with Crippen molar-refractivity contribution < 1.29 is 18.3 Å². The molecule has 0 bridgehead atoms. The number of esters is 1. The Balaban J connectivity index is 2.90. The van der Waals surface area contributed by atoms with E-state index in [9.17, 15) is 13.6 Å². The largest absolute Gasteiger partial charge is 0.469 e. The summed E-state index contributed by atoms with van der Waals surface area (Å²) in [4.78, 5) is 10.9. The summed E-state index contributed by atoms with van der Waals surface area (Å²) in [5.41, 5.74) is 0.201. The summed E-state index contributed by atoms with van der Waals surface area (Å²) in [7, 11) is 1.23. The van der Waals surface area contributed by atoms with E-state index in [4.69, 9.17) is 0 Å². The number of rotatable bonds is 3. The molecule has 0 atom stereocenters. The maximum absolute atomic E-state index is 12.4. The molecule has 1 rings (SSSR count). The first-order valence-electron chi connectivity index (χ1n) is 4.08. The molecule has 76 valence electrons. The quantitative estimate of drug-likeness (QED) is 0.700. The first-order valence-corrected chi connectivity index (χ1v) is 4.08. The molecule has 0 saturated heterocycles. The van der Waals surface area contributed by atoms with Crippen molar-refractivity contribution in [3.05, 3.63) is 35.4 Å². The van der Waals surface area contributed by atoms with Gasteiger partial charge in [0.1, 0.15) is 0 Å². The fourth-order valence-electron chi connectivity index (χ4n) is 1.14. The van der Waals surface area contributed by atoms with Crippen LogP contribution >= 0.6 is 0 Å². The minimum Gasteiger partial charge on any atom is -0.469 e. The van der Waals surface area contributed by atoms with Gasteiger partial charge in [-0.15, -0.1) is 0 Å². The van der Waals surface area contributed by atoms with Gasteiger partial charge in [-0.25, -0.2) is 8.78 Å². The van der Waals surface area contributed by atoms with Crippen molar-refractivity contribution in [1.82, 2.24) is 0 Å². The first-order chi connectivity index (χ1) is 6.65. The fraction of sp³-hybridized carbons (Fsp3) is 0.300. The lowest BCUT2D eigenvalue weighted by Crippen LogP contribution is -2.06. The van der Waals surface area contributed by atoms with Crippen LogP contribution in [0.5, 0.6) is 0 Å². The van der Waals surface area contributed by atoms with Gasteiger partial charge in [0.15, 0.2) is 0 Å². The molecule has 0 aliphatic carbocycles. The summed E-state index contributed by atoms with van der Waals surface area (Å²) in [5, 5.41) is 0. The minimum absolute atomic E-state index is 0.113. The number of methoxy groups -OCH3 is 1. The van der Waals surface area contributed by atoms with E-state index in [1.807, 2.05) is 0 Å². The second-order valence-electron chi connectivity index (χ2n) is 2.75. The molecule has 0 aromatic heterocycles. The third-order valence-corrected chi connectivity index (χ3v) is 1.85. The number of carbonyl (C=O) groups is 1. The molecule has 14 heavy (non-hydrogen) atoms. The Morgan fingerprint density at radius 3 is 2.64 bits per heavy atom. The van der Waals surface area contributed by atoms with Crippen molar-refractivity contribution in [2.75, 3.05) is 7.11 Å². The molecule has 0 aliphatic heterocycles. The molecule has 0 amide bonds. The summed E-state index contributed by atoms with van der Waals surface area (Å²) in [6, 6.07) is 5.94. The molecule has 0 radical (unpaired) electrons. The van der Waals surface area contributed by atoms with E-state index >= 15 is 0 Å². The summed E-state index contributed by atoms with van der Waals surface area (Å²) >= 11 is 0. The normalized spacial score (nSPS) is 10.3. The number of halogens is 2. The van der Waals surface area contributed by atoms with Crippen molar-refractivity contribution in [2.45, 2.75) is 12.8 Å². The molecule has 0 aliphatic rings. The summed E-state index contributed by atoms with van der Waals surface area (Å²) in [6.07, 6.45) is -2.67. The van der Waals surface area contributed by atoms with Crippen LogP contribution in [0.4, 0.5) is 8.78 Å². The monoisotopic (exact) mass is 200 g/mol. The average molecular weight is 200 g/mol. The average Bonchev–Trinajstić information content (AvgIpc) is 2.18. The van der Waals surface area contributed by atoms with Crippen LogP contribution in [0.15, 0.2) is 24.3 Å². The molecule has 0 unspecified atom stereocenters. The van der Waals surface area contributed by atoms with Gasteiger partial charge in [0.05, 0.1) is 13.5 Å². The molecular weight excluding hydrogens is 190 g/mol. The van der Waals surface area contributed by atoms with E-state index < -0.39 is 12.4 Å². The lowest BCUT2D eigenvalue weighted by Gasteiger charge is -2.06. The number of benzene rings is 1. The van der Waals surface area contributed by atoms with E-state index in [0.29, 0.717) is 5.56 Å². The van der Waals surface area contributed by atoms with Crippen LogP contribution in [0.3, 0.4) is 0 Å². The van der Waals surface area contributed by atoms with Crippen LogP contribution in [0.25, 0.3) is 0 Å². The van der Waals surface area contributed by atoms with E-state index in [2.05, 4.69) is 4.74 Å². The maximum atomic E-state index is 12.4. The van der Waals surface area contributed by atoms with Crippen molar-refractivity contribution in [3.8, 4) is 0 Å². The van der Waals surface area contributed by atoms with Crippen molar-refractivity contribution >= 4 is 5.97 Å². The van der Waals surface area contributed by atoms with Crippen LogP contribution < -0.4 is 0 Å². The highest BCUT2D eigenvalue weighted by Gasteiger charge is 2.14. The van der Waals surface area contributed by atoms with Gasteiger partial charge in [-0.1, -0.05) is 24.3 Å². The van der Waals surface area contributed by atoms with Crippen molar-refractivity contribution in [1.29, 1.82) is 0 Å². The number of hydrogen-bond donors (Lipinski definition) is 0. The van der Waals surface area contributed by atoms with Gasteiger partial charge < -0.3 is 4.74 Å². The van der Waals surface area contributed by atoms with Crippen LogP contribution in [0, 0.1) is 0 Å². The second-order valence-corrected chi connectivity index (χ2v) is 2.75. The van der Waals surface area contributed by atoms with Gasteiger partial charge in [-0.2, -0.15) is 0 Å². The second kappa shape index (κ2) is 4.69. The molecule has 0 N–H and O–H groups in total. The molecule has 0 saturated carbocycles. The molecule has 0 fully saturated rings. The van der Waals surface area contributed by atoms with Gasteiger partial charge in [0.2, 0.25) is 0 Å². The molecular formula is C10H10F2O2. The highest BCUT2D eigenvalue weighted by molar-refractivity contribution is 5.72. The van der Waals surface area contributed by atoms with Gasteiger partial charge in [-0.05, 0) is 5.56 Å². The van der Waals surface area contributed by atoms with Gasteiger partial charge in [0, 0.05) is 5.56 Å². The predicted octanol–water partition coefficient (Wildman–Crippen LogP) is 2.34. The molecule has 1 aromatic carbocycles. The Morgan fingerprint density at radius 1 is 1.43 bits per heavy atom. The Kier molecular flexibility index (Phi) is 3.56. The lowest BCUT2D eigenvalue weighted by molar-refractivity contribution is -0.139. The zero-order chi connectivity index (χ0) is 10.6. The zero-order valence-electron chi connectivity index (χ0n) is 7.67. The smallest absolute Gasteiger partial charge is 0.309 e. The Hall–Kier alpha value is -1.45. The van der Waals surface area contributed by atoms with Gasteiger partial charge in [-0.3, -0.25) is 4.79 Å². The fourth-order valence-corrected chi connectivity index (χ4v) is 1.14. The molecule has 0 spiro atoms. The van der Waals surface area contributed by atoms with E-state index in [1.165, 1.54) is 25.3 Å². The van der Waals surface area contributed by atoms with Crippen LogP contribution in [0.2, 0.25) is 0 Å². The minimum atomic E-state index is -2.56. The number of alkyl halides is 2. The molecule has 1 aromatic rings. The lowest BCUT2D eigenvalue weighted by atomic mass is 10.1. The highest BCUT2D eigenvalue weighted by Crippen LogP contribution is 2.22. The van der Waals surface area contributed by atoms with Gasteiger partial charge >= 0.3 is 5.97 Å². The third kappa shape index (κ3) is 2.52. The SMILES string of the molecule is COC(=O)Cc1ccccc1C(F)F. The van der Waals surface area contributed by atoms with Crippen LogP contribution in [-0.4, -0.2) is 13.1 Å².